The number of hydrogen-bond acceptors (Lipinski definition) is 5. The number of para-hydroxylation sites is 1. The number of carbonyl (C=O) groups excluding carboxylic acids is 3. The molecule has 0 saturated carbocycles. The smallest absolute Gasteiger partial charge is 0.313 e. The van der Waals surface area contributed by atoms with Crippen LogP contribution in [0.5, 0.6) is 5.75 Å². The van der Waals surface area contributed by atoms with E-state index >= 15 is 0 Å². The predicted molar refractivity (Wildman–Crippen MR) is 104 cm³/mol. The van der Waals surface area contributed by atoms with Crippen molar-refractivity contribution >= 4 is 23.4 Å². The van der Waals surface area contributed by atoms with Gasteiger partial charge in [0.15, 0.2) is 0 Å². The van der Waals surface area contributed by atoms with Gasteiger partial charge in [-0.05, 0) is 29.8 Å². The van der Waals surface area contributed by atoms with E-state index in [1.165, 1.54) is 7.11 Å². The molecule has 2 aromatic carbocycles. The first-order chi connectivity index (χ1) is 13.5. The zero-order chi connectivity index (χ0) is 20.4. The van der Waals surface area contributed by atoms with Crippen molar-refractivity contribution in [3.05, 3.63) is 59.7 Å². The van der Waals surface area contributed by atoms with Gasteiger partial charge in [-0.3, -0.25) is 14.4 Å². The van der Waals surface area contributed by atoms with Gasteiger partial charge in [0.1, 0.15) is 5.75 Å². The van der Waals surface area contributed by atoms with Gasteiger partial charge in [0.05, 0.1) is 25.0 Å². The molecule has 0 aliphatic carbocycles. The Morgan fingerprint density at radius 1 is 0.893 bits per heavy atom. The first-order valence-electron chi connectivity index (χ1n) is 8.63. The van der Waals surface area contributed by atoms with Crippen LogP contribution in [0.25, 0.3) is 0 Å². The molecule has 8 nitrogen and oxygen atoms in total. The second kappa shape index (κ2) is 10.7. The molecule has 0 aromatic heterocycles. The Morgan fingerprint density at radius 2 is 1.61 bits per heavy atom. The molecule has 0 radical (unpaired) electrons. The largest absolute Gasteiger partial charge is 0.497 e. The molecule has 0 saturated heterocycles. The van der Waals surface area contributed by atoms with Gasteiger partial charge in [-0.25, -0.2) is 0 Å². The van der Waals surface area contributed by atoms with Crippen LogP contribution in [-0.4, -0.2) is 45.1 Å². The maximum absolute atomic E-state index is 12.5. The molecule has 2 aromatic rings. The van der Waals surface area contributed by atoms with E-state index in [1.807, 2.05) is 12.1 Å². The lowest BCUT2D eigenvalue weighted by atomic mass is 10.1. The topological polar surface area (TPSA) is 106 Å². The lowest BCUT2D eigenvalue weighted by Crippen LogP contribution is -2.37. The quantitative estimate of drug-likeness (QED) is 0.470. The molecule has 0 heterocycles. The molecule has 0 atom stereocenters. The van der Waals surface area contributed by atoms with Crippen molar-refractivity contribution in [3.8, 4) is 5.75 Å². The number of nitrogens with one attached hydrogen (secondary N) is 3. The molecule has 148 valence electrons. The summed E-state index contributed by atoms with van der Waals surface area (Å²) in [6, 6.07) is 13.8. The zero-order valence-electron chi connectivity index (χ0n) is 15.8. The molecular weight excluding hydrogens is 362 g/mol. The van der Waals surface area contributed by atoms with Crippen LogP contribution in [0.2, 0.25) is 0 Å². The standard InChI is InChI=1S/C20H23N3O5/c1-27-12-11-21-19(25)20(26)23-17-6-4-3-5-16(17)18(24)22-13-14-7-9-15(28-2)10-8-14/h3-10H,11-13H2,1-2H3,(H,21,25)(H,22,24)(H,23,26). The molecule has 0 spiro atoms. The van der Waals surface area contributed by atoms with Gasteiger partial charge >= 0.3 is 11.8 Å². The molecule has 0 unspecified atom stereocenters. The fraction of sp³-hybridized carbons (Fsp3) is 0.250. The first kappa shape index (κ1) is 20.9. The van der Waals surface area contributed by atoms with Crippen molar-refractivity contribution in [2.75, 3.05) is 32.7 Å². The molecule has 3 amide bonds. The molecule has 3 N–H and O–H groups in total. The molecule has 8 heteroatoms. The SMILES string of the molecule is COCCNC(=O)C(=O)Nc1ccccc1C(=O)NCc1ccc(OC)cc1. The summed E-state index contributed by atoms with van der Waals surface area (Å²) in [7, 11) is 3.08. The van der Waals surface area contributed by atoms with E-state index in [9.17, 15) is 14.4 Å². The van der Waals surface area contributed by atoms with Crippen molar-refractivity contribution in [3.63, 3.8) is 0 Å². The van der Waals surface area contributed by atoms with E-state index in [0.29, 0.717) is 13.2 Å². The highest BCUT2D eigenvalue weighted by molar-refractivity contribution is 6.40. The van der Waals surface area contributed by atoms with Gasteiger partial charge in [-0.2, -0.15) is 0 Å². The maximum Gasteiger partial charge on any atom is 0.313 e. The van der Waals surface area contributed by atoms with Crippen molar-refractivity contribution in [2.24, 2.45) is 0 Å². The van der Waals surface area contributed by atoms with Crippen LogP contribution in [0.1, 0.15) is 15.9 Å². The lowest BCUT2D eigenvalue weighted by molar-refractivity contribution is -0.136. The Hall–Kier alpha value is -3.39. The minimum atomic E-state index is -0.855. The number of carbonyl (C=O) groups is 3. The normalized spacial score (nSPS) is 10.1. The van der Waals surface area contributed by atoms with E-state index in [2.05, 4.69) is 16.0 Å². The van der Waals surface area contributed by atoms with Gasteiger partial charge in [0.25, 0.3) is 5.91 Å². The Morgan fingerprint density at radius 3 is 2.29 bits per heavy atom. The monoisotopic (exact) mass is 385 g/mol. The van der Waals surface area contributed by atoms with Gasteiger partial charge in [0.2, 0.25) is 0 Å². The van der Waals surface area contributed by atoms with Crippen LogP contribution in [0.3, 0.4) is 0 Å². The fourth-order valence-corrected chi connectivity index (χ4v) is 2.34. The highest BCUT2D eigenvalue weighted by Gasteiger charge is 2.17. The Kier molecular flexibility index (Phi) is 7.98. The average Bonchev–Trinajstić information content (AvgIpc) is 2.72. The predicted octanol–water partition coefficient (Wildman–Crippen LogP) is 1.33. The molecule has 2 rings (SSSR count). The summed E-state index contributed by atoms with van der Waals surface area (Å²) < 4.78 is 9.91. The summed E-state index contributed by atoms with van der Waals surface area (Å²) in [5, 5.41) is 7.67. The van der Waals surface area contributed by atoms with Crippen molar-refractivity contribution < 1.29 is 23.9 Å². The minimum absolute atomic E-state index is 0.215. The molecule has 0 fully saturated rings. The number of methoxy groups -OCH3 is 2. The fourth-order valence-electron chi connectivity index (χ4n) is 2.34. The van der Waals surface area contributed by atoms with Crippen molar-refractivity contribution in [1.82, 2.24) is 10.6 Å². The molecule has 0 aliphatic heterocycles. The van der Waals surface area contributed by atoms with Gasteiger partial charge in [0, 0.05) is 20.2 Å². The van der Waals surface area contributed by atoms with E-state index in [-0.39, 0.29) is 23.7 Å². The van der Waals surface area contributed by atoms with Crippen molar-refractivity contribution in [1.29, 1.82) is 0 Å². The van der Waals surface area contributed by atoms with Crippen LogP contribution in [0.4, 0.5) is 5.69 Å². The first-order valence-corrected chi connectivity index (χ1v) is 8.63. The summed E-state index contributed by atoms with van der Waals surface area (Å²) in [6.07, 6.45) is 0. The van der Waals surface area contributed by atoms with E-state index in [0.717, 1.165) is 11.3 Å². The van der Waals surface area contributed by atoms with Crippen LogP contribution in [0, 0.1) is 0 Å². The number of hydrogen-bond donors (Lipinski definition) is 3. The van der Waals surface area contributed by atoms with Gasteiger partial charge in [-0.15, -0.1) is 0 Å². The number of anilines is 1. The third-order valence-electron chi connectivity index (χ3n) is 3.83. The molecular formula is C20H23N3O5. The summed E-state index contributed by atoms with van der Waals surface area (Å²) in [4.78, 5) is 36.3. The van der Waals surface area contributed by atoms with Crippen LogP contribution < -0.4 is 20.7 Å². The number of rotatable bonds is 8. The highest BCUT2D eigenvalue weighted by atomic mass is 16.5. The second-order valence-electron chi connectivity index (χ2n) is 5.78. The van der Waals surface area contributed by atoms with Gasteiger partial charge in [-0.1, -0.05) is 24.3 Å². The Balaban J connectivity index is 1.98. The van der Waals surface area contributed by atoms with Gasteiger partial charge < -0.3 is 25.4 Å². The Labute approximate surface area is 163 Å². The average molecular weight is 385 g/mol. The summed E-state index contributed by atoms with van der Waals surface area (Å²) in [5.41, 5.74) is 1.41. The lowest BCUT2D eigenvalue weighted by Gasteiger charge is -2.12. The number of ether oxygens (including phenoxy) is 2. The zero-order valence-corrected chi connectivity index (χ0v) is 15.8. The third-order valence-corrected chi connectivity index (χ3v) is 3.83. The van der Waals surface area contributed by atoms with Crippen molar-refractivity contribution in [2.45, 2.75) is 6.54 Å². The van der Waals surface area contributed by atoms with Crippen LogP contribution in [0.15, 0.2) is 48.5 Å². The van der Waals surface area contributed by atoms with E-state index in [4.69, 9.17) is 9.47 Å². The number of benzene rings is 2. The summed E-state index contributed by atoms with van der Waals surface area (Å²) in [5.74, 6) is -1.30. The van der Waals surface area contributed by atoms with Crippen LogP contribution in [-0.2, 0) is 20.9 Å². The molecule has 28 heavy (non-hydrogen) atoms. The highest BCUT2D eigenvalue weighted by Crippen LogP contribution is 2.16. The number of amides is 3. The maximum atomic E-state index is 12.5. The van der Waals surface area contributed by atoms with E-state index in [1.54, 1.807) is 43.5 Å². The summed E-state index contributed by atoms with van der Waals surface area (Å²) >= 11 is 0. The summed E-state index contributed by atoms with van der Waals surface area (Å²) in [6.45, 7) is 0.818. The minimum Gasteiger partial charge on any atom is -0.497 e. The molecule has 0 bridgehead atoms. The third kappa shape index (κ3) is 6.10. The second-order valence-corrected chi connectivity index (χ2v) is 5.78. The Bertz CT molecular complexity index is 821. The van der Waals surface area contributed by atoms with Crippen LogP contribution >= 0.6 is 0 Å². The van der Waals surface area contributed by atoms with E-state index < -0.39 is 11.8 Å². The molecule has 0 aliphatic rings.